The molecule has 1 saturated carbocycles. The van der Waals surface area contributed by atoms with E-state index in [1.165, 1.54) is 6.42 Å². The highest BCUT2D eigenvalue weighted by atomic mass is 32.2. The molecule has 4 heteroatoms. The van der Waals surface area contributed by atoms with E-state index < -0.39 is 5.76 Å². The second kappa shape index (κ2) is 5.36. The summed E-state index contributed by atoms with van der Waals surface area (Å²) in [6.45, 7) is 0. The van der Waals surface area contributed by atoms with E-state index in [-0.39, 0.29) is 5.54 Å². The average Bonchev–Trinajstić information content (AvgIpc) is 2.29. The molecule has 0 bridgehead atoms. The van der Waals surface area contributed by atoms with Crippen LogP contribution in [0.1, 0.15) is 37.7 Å². The number of rotatable bonds is 3. The Morgan fingerprint density at radius 2 is 1.88 bits per heavy atom. The van der Waals surface area contributed by atoms with Gasteiger partial charge in [-0.2, -0.15) is 8.78 Å². The third kappa shape index (κ3) is 3.19. The molecule has 2 rings (SSSR count). The Kier molecular flexibility index (Phi) is 4.05. The number of hydrogen-bond acceptors (Lipinski definition) is 2. The fraction of sp³-hybridized carbons (Fsp3) is 0.538. The van der Waals surface area contributed by atoms with E-state index in [1.54, 1.807) is 6.07 Å². The van der Waals surface area contributed by atoms with Crippen molar-refractivity contribution in [1.82, 2.24) is 0 Å². The molecule has 0 aromatic heterocycles. The predicted molar refractivity (Wildman–Crippen MR) is 67.3 cm³/mol. The Hall–Kier alpha value is -0.610. The summed E-state index contributed by atoms with van der Waals surface area (Å²) in [5.41, 5.74) is 7.08. The standard InChI is InChI=1S/C13H17F2NS/c14-12(15)17-11-6-4-5-10(9-11)13(16)7-2-1-3-8-13/h4-6,9,12H,1-3,7-8,16H2. The molecule has 1 aromatic rings. The summed E-state index contributed by atoms with van der Waals surface area (Å²) in [5.74, 6) is -2.37. The van der Waals surface area contributed by atoms with Gasteiger partial charge in [-0.1, -0.05) is 43.2 Å². The van der Waals surface area contributed by atoms with E-state index in [4.69, 9.17) is 5.73 Å². The van der Waals surface area contributed by atoms with Crippen molar-refractivity contribution >= 4 is 11.8 Å². The van der Waals surface area contributed by atoms with Crippen LogP contribution < -0.4 is 5.73 Å². The van der Waals surface area contributed by atoms with Crippen molar-refractivity contribution in [3.63, 3.8) is 0 Å². The quantitative estimate of drug-likeness (QED) is 0.824. The van der Waals surface area contributed by atoms with Crippen LogP contribution in [0.5, 0.6) is 0 Å². The molecule has 1 aliphatic rings. The Morgan fingerprint density at radius 1 is 1.18 bits per heavy atom. The highest BCUT2D eigenvalue weighted by molar-refractivity contribution is 7.99. The van der Waals surface area contributed by atoms with Gasteiger partial charge in [-0.15, -0.1) is 0 Å². The molecule has 1 aliphatic carbocycles. The van der Waals surface area contributed by atoms with Crippen molar-refractivity contribution in [1.29, 1.82) is 0 Å². The molecule has 17 heavy (non-hydrogen) atoms. The maximum atomic E-state index is 12.3. The zero-order chi connectivity index (χ0) is 12.3. The van der Waals surface area contributed by atoms with E-state index >= 15 is 0 Å². The van der Waals surface area contributed by atoms with Gasteiger partial charge >= 0.3 is 0 Å². The first-order valence-corrected chi connectivity index (χ1v) is 6.82. The molecule has 1 aromatic carbocycles. The molecule has 0 atom stereocenters. The largest absolute Gasteiger partial charge is 0.321 e. The summed E-state index contributed by atoms with van der Waals surface area (Å²) in [4.78, 5) is 0.605. The van der Waals surface area contributed by atoms with Crippen LogP contribution in [0.2, 0.25) is 0 Å². The third-order valence-electron chi connectivity index (χ3n) is 3.38. The SMILES string of the molecule is NC1(c2cccc(SC(F)F)c2)CCCCC1. The molecule has 1 nitrogen and oxygen atoms in total. The lowest BCUT2D eigenvalue weighted by Gasteiger charge is -2.34. The van der Waals surface area contributed by atoms with Crippen LogP contribution in [0.4, 0.5) is 8.78 Å². The second-order valence-corrected chi connectivity index (χ2v) is 5.69. The average molecular weight is 257 g/mol. The molecule has 0 unspecified atom stereocenters. The van der Waals surface area contributed by atoms with Crippen LogP contribution in [0.3, 0.4) is 0 Å². The molecule has 0 spiro atoms. The Labute approximate surface area is 105 Å². The van der Waals surface area contributed by atoms with Crippen molar-refractivity contribution in [3.8, 4) is 0 Å². The van der Waals surface area contributed by atoms with Gasteiger partial charge in [0.05, 0.1) is 0 Å². The second-order valence-electron chi connectivity index (χ2n) is 4.62. The first-order chi connectivity index (χ1) is 8.10. The number of alkyl halides is 2. The molecule has 94 valence electrons. The zero-order valence-electron chi connectivity index (χ0n) is 9.66. The van der Waals surface area contributed by atoms with E-state index in [0.29, 0.717) is 16.7 Å². The van der Waals surface area contributed by atoms with Crippen molar-refractivity contribution in [2.24, 2.45) is 5.73 Å². The lowest BCUT2D eigenvalue weighted by atomic mass is 9.77. The first kappa shape index (κ1) is 12.8. The molecule has 0 heterocycles. The number of halogens is 2. The van der Waals surface area contributed by atoms with Gasteiger partial charge in [0.1, 0.15) is 0 Å². The van der Waals surface area contributed by atoms with E-state index in [1.807, 2.05) is 18.2 Å². The van der Waals surface area contributed by atoms with Crippen LogP contribution in [0, 0.1) is 0 Å². The molecular weight excluding hydrogens is 240 g/mol. The lowest BCUT2D eigenvalue weighted by Crippen LogP contribution is -2.38. The summed E-state index contributed by atoms with van der Waals surface area (Å²) in [5, 5.41) is 0. The molecule has 2 N–H and O–H groups in total. The van der Waals surface area contributed by atoms with Gasteiger partial charge in [-0.05, 0) is 30.5 Å². The minimum atomic E-state index is -2.37. The number of nitrogens with two attached hydrogens (primary N) is 1. The van der Waals surface area contributed by atoms with Gasteiger partial charge < -0.3 is 5.73 Å². The predicted octanol–water partition coefficient (Wildman–Crippen LogP) is 4.12. The van der Waals surface area contributed by atoms with Crippen molar-refractivity contribution < 1.29 is 8.78 Å². The van der Waals surface area contributed by atoms with Gasteiger partial charge in [0, 0.05) is 10.4 Å². The fourth-order valence-corrected chi connectivity index (χ4v) is 3.01. The van der Waals surface area contributed by atoms with Crippen LogP contribution in [-0.4, -0.2) is 5.76 Å². The first-order valence-electron chi connectivity index (χ1n) is 5.94. The maximum absolute atomic E-state index is 12.3. The van der Waals surface area contributed by atoms with E-state index in [0.717, 1.165) is 31.2 Å². The Morgan fingerprint density at radius 3 is 2.53 bits per heavy atom. The molecule has 0 radical (unpaired) electrons. The van der Waals surface area contributed by atoms with Crippen LogP contribution >= 0.6 is 11.8 Å². The summed E-state index contributed by atoms with van der Waals surface area (Å²) in [6, 6.07) is 7.32. The van der Waals surface area contributed by atoms with Gasteiger partial charge in [-0.3, -0.25) is 0 Å². The monoisotopic (exact) mass is 257 g/mol. The topological polar surface area (TPSA) is 26.0 Å². The minimum Gasteiger partial charge on any atom is -0.321 e. The zero-order valence-corrected chi connectivity index (χ0v) is 10.5. The summed E-state index contributed by atoms with van der Waals surface area (Å²) in [7, 11) is 0. The smallest absolute Gasteiger partial charge is 0.288 e. The van der Waals surface area contributed by atoms with Crippen molar-refractivity contribution in [2.45, 2.75) is 48.3 Å². The van der Waals surface area contributed by atoms with Gasteiger partial charge in [0.15, 0.2) is 0 Å². The number of benzene rings is 1. The van der Waals surface area contributed by atoms with E-state index in [9.17, 15) is 8.78 Å². The summed E-state index contributed by atoms with van der Waals surface area (Å²) >= 11 is 0.586. The van der Waals surface area contributed by atoms with Crippen LogP contribution in [0.25, 0.3) is 0 Å². The van der Waals surface area contributed by atoms with Gasteiger partial charge in [-0.25, -0.2) is 0 Å². The lowest BCUT2D eigenvalue weighted by molar-refractivity contribution is 0.252. The number of hydrogen-bond donors (Lipinski definition) is 1. The molecule has 0 aliphatic heterocycles. The van der Waals surface area contributed by atoms with Crippen molar-refractivity contribution in [2.75, 3.05) is 0 Å². The van der Waals surface area contributed by atoms with Crippen molar-refractivity contribution in [3.05, 3.63) is 29.8 Å². The molecule has 0 saturated heterocycles. The molecule has 1 fully saturated rings. The maximum Gasteiger partial charge on any atom is 0.288 e. The van der Waals surface area contributed by atoms with Gasteiger partial charge in [0.25, 0.3) is 5.76 Å². The Bertz CT molecular complexity index is 375. The highest BCUT2D eigenvalue weighted by Crippen LogP contribution is 2.36. The Balaban J connectivity index is 2.19. The van der Waals surface area contributed by atoms with E-state index in [2.05, 4.69) is 0 Å². The minimum absolute atomic E-state index is 0.309. The van der Waals surface area contributed by atoms with Gasteiger partial charge in [0.2, 0.25) is 0 Å². The van der Waals surface area contributed by atoms with Crippen LogP contribution in [0.15, 0.2) is 29.2 Å². The summed E-state index contributed by atoms with van der Waals surface area (Å²) in [6.07, 6.45) is 5.39. The molecular formula is C13H17F2NS. The molecule has 0 amide bonds. The van der Waals surface area contributed by atoms with Crippen LogP contribution in [-0.2, 0) is 5.54 Å². The third-order valence-corrected chi connectivity index (χ3v) is 4.08. The highest BCUT2D eigenvalue weighted by Gasteiger charge is 2.29. The fourth-order valence-electron chi connectivity index (χ4n) is 2.45. The summed E-state index contributed by atoms with van der Waals surface area (Å²) < 4.78 is 24.6. The normalized spacial score (nSPS) is 19.5. The number of thioether (sulfide) groups is 1.